The van der Waals surface area contributed by atoms with E-state index >= 15 is 0 Å². The minimum Gasteiger partial charge on any atom is -0.352 e. The molecule has 220 valence electrons. The number of carbonyl (C=O) groups is 2. The topological polar surface area (TPSA) is 86.8 Å². The number of nitrogens with one attached hydrogen (secondary N) is 1. The summed E-state index contributed by atoms with van der Waals surface area (Å²) in [5, 5.41) is 3.91. The van der Waals surface area contributed by atoms with E-state index in [2.05, 4.69) is 5.32 Å². The summed E-state index contributed by atoms with van der Waals surface area (Å²) in [7, 11) is -4.20. The van der Waals surface area contributed by atoms with Gasteiger partial charge in [0.15, 0.2) is 0 Å². The molecular formula is C30H34Cl3N3O4S. The maximum Gasteiger partial charge on any atom is 0.264 e. The normalized spacial score (nSPS) is 12.9. The summed E-state index contributed by atoms with van der Waals surface area (Å²) in [5.74, 6) is -0.947. The Labute approximate surface area is 257 Å². The number of amides is 2. The first-order valence-electron chi connectivity index (χ1n) is 13.1. The second kappa shape index (κ2) is 13.9. The fraction of sp³-hybridized carbons (Fsp3) is 0.333. The number of nitrogens with zero attached hydrogens (tertiary/aromatic N) is 2. The molecule has 0 fully saturated rings. The van der Waals surface area contributed by atoms with Gasteiger partial charge >= 0.3 is 0 Å². The molecule has 0 saturated heterocycles. The number of carbonyl (C=O) groups excluding carboxylic acids is 2. The smallest absolute Gasteiger partial charge is 0.264 e. The number of hydrogen-bond donors (Lipinski definition) is 1. The number of aryl methyl sites for hydroxylation is 1. The molecular weight excluding hydrogens is 605 g/mol. The molecule has 0 aliphatic heterocycles. The summed E-state index contributed by atoms with van der Waals surface area (Å²) in [5.41, 5.74) is 2.27. The van der Waals surface area contributed by atoms with Crippen LogP contribution < -0.4 is 9.62 Å². The second-order valence-corrected chi connectivity index (χ2v) is 13.1. The average Bonchev–Trinajstić information content (AvgIpc) is 2.93. The third-order valence-corrected chi connectivity index (χ3v) is 9.82. The van der Waals surface area contributed by atoms with Crippen LogP contribution in [0, 0.1) is 13.8 Å². The maximum atomic E-state index is 14.1. The van der Waals surface area contributed by atoms with Gasteiger partial charge in [-0.2, -0.15) is 0 Å². The Morgan fingerprint density at radius 2 is 1.56 bits per heavy atom. The lowest BCUT2D eigenvalue weighted by Crippen LogP contribution is -2.52. The Kier molecular flexibility index (Phi) is 11.1. The molecule has 7 nitrogen and oxygen atoms in total. The minimum absolute atomic E-state index is 0.00222. The lowest BCUT2D eigenvalue weighted by molar-refractivity contribution is -0.139. The van der Waals surface area contributed by atoms with Crippen molar-refractivity contribution in [3.63, 3.8) is 0 Å². The fourth-order valence-corrected chi connectivity index (χ4v) is 6.06. The van der Waals surface area contributed by atoms with E-state index in [1.54, 1.807) is 62.4 Å². The zero-order valence-corrected chi connectivity index (χ0v) is 26.7. The van der Waals surface area contributed by atoms with Crippen molar-refractivity contribution in [2.75, 3.05) is 10.8 Å². The van der Waals surface area contributed by atoms with Gasteiger partial charge in [-0.25, -0.2) is 8.42 Å². The SMILES string of the molecule is CC[C@@H](C)NC(=O)[C@@H](C)N(Cc1ccc(Cl)c(Cl)c1)C(=O)CN(c1cccc(Cl)c1C)S(=O)(=O)c1ccc(C)cc1. The van der Waals surface area contributed by atoms with Crippen molar-refractivity contribution < 1.29 is 18.0 Å². The molecule has 3 aromatic rings. The third kappa shape index (κ3) is 7.95. The van der Waals surface area contributed by atoms with Crippen LogP contribution in [0.4, 0.5) is 5.69 Å². The summed E-state index contributed by atoms with van der Waals surface area (Å²) < 4.78 is 29.0. The monoisotopic (exact) mass is 637 g/mol. The van der Waals surface area contributed by atoms with Crippen molar-refractivity contribution >= 4 is 62.3 Å². The summed E-state index contributed by atoms with van der Waals surface area (Å²) in [6.45, 7) is 8.39. The van der Waals surface area contributed by atoms with Crippen LogP contribution in [0.25, 0.3) is 0 Å². The van der Waals surface area contributed by atoms with Crippen LogP contribution in [-0.4, -0.2) is 43.8 Å². The predicted octanol–water partition coefficient (Wildman–Crippen LogP) is 6.79. The van der Waals surface area contributed by atoms with Gasteiger partial charge in [0, 0.05) is 17.6 Å². The molecule has 11 heteroatoms. The highest BCUT2D eigenvalue weighted by Crippen LogP contribution is 2.31. The maximum absolute atomic E-state index is 14.1. The molecule has 0 aliphatic rings. The Balaban J connectivity index is 2.08. The van der Waals surface area contributed by atoms with E-state index in [-0.39, 0.29) is 29.1 Å². The molecule has 41 heavy (non-hydrogen) atoms. The van der Waals surface area contributed by atoms with Crippen LogP contribution in [0.5, 0.6) is 0 Å². The summed E-state index contributed by atoms with van der Waals surface area (Å²) >= 11 is 18.7. The molecule has 0 aromatic heterocycles. The van der Waals surface area contributed by atoms with Gasteiger partial charge in [-0.3, -0.25) is 13.9 Å². The van der Waals surface area contributed by atoms with Crippen molar-refractivity contribution in [3.05, 3.63) is 92.4 Å². The summed E-state index contributed by atoms with van der Waals surface area (Å²) in [4.78, 5) is 28.6. The Hall–Kier alpha value is -2.78. The zero-order valence-electron chi connectivity index (χ0n) is 23.6. The first kappa shape index (κ1) is 32.7. The van der Waals surface area contributed by atoms with Gasteiger partial charge in [-0.05, 0) is 81.6 Å². The fourth-order valence-electron chi connectivity index (χ4n) is 4.10. The molecule has 3 rings (SSSR count). The van der Waals surface area contributed by atoms with Crippen LogP contribution in [0.3, 0.4) is 0 Å². The van der Waals surface area contributed by atoms with Crippen molar-refractivity contribution in [2.45, 2.75) is 64.6 Å². The van der Waals surface area contributed by atoms with Gasteiger partial charge < -0.3 is 10.2 Å². The Morgan fingerprint density at radius 3 is 2.17 bits per heavy atom. The van der Waals surface area contributed by atoms with Crippen LogP contribution in [0.2, 0.25) is 15.1 Å². The molecule has 0 aliphatic carbocycles. The highest BCUT2D eigenvalue weighted by molar-refractivity contribution is 7.92. The van der Waals surface area contributed by atoms with Crippen molar-refractivity contribution in [1.29, 1.82) is 0 Å². The van der Waals surface area contributed by atoms with Crippen LogP contribution in [0.1, 0.15) is 43.9 Å². The first-order valence-corrected chi connectivity index (χ1v) is 15.7. The molecule has 0 unspecified atom stereocenters. The van der Waals surface area contributed by atoms with E-state index in [4.69, 9.17) is 34.8 Å². The van der Waals surface area contributed by atoms with Crippen LogP contribution >= 0.6 is 34.8 Å². The van der Waals surface area contributed by atoms with Crippen LogP contribution in [-0.2, 0) is 26.2 Å². The quantitative estimate of drug-likeness (QED) is 0.251. The highest BCUT2D eigenvalue weighted by Gasteiger charge is 2.33. The minimum atomic E-state index is -4.20. The van der Waals surface area contributed by atoms with E-state index in [0.29, 0.717) is 32.6 Å². The van der Waals surface area contributed by atoms with Gasteiger partial charge in [-0.15, -0.1) is 0 Å². The number of anilines is 1. The van der Waals surface area contributed by atoms with Gasteiger partial charge in [0.1, 0.15) is 12.6 Å². The van der Waals surface area contributed by atoms with E-state index in [1.807, 2.05) is 20.8 Å². The number of hydrogen-bond acceptors (Lipinski definition) is 4. The molecule has 0 heterocycles. The highest BCUT2D eigenvalue weighted by atomic mass is 35.5. The van der Waals surface area contributed by atoms with Crippen molar-refractivity contribution in [3.8, 4) is 0 Å². The number of sulfonamides is 1. The molecule has 0 spiro atoms. The van der Waals surface area contributed by atoms with E-state index < -0.39 is 28.5 Å². The van der Waals surface area contributed by atoms with E-state index in [9.17, 15) is 18.0 Å². The number of rotatable bonds is 11. The zero-order chi connectivity index (χ0) is 30.5. The number of benzene rings is 3. The molecule has 2 atom stereocenters. The number of halogens is 3. The van der Waals surface area contributed by atoms with Gasteiger partial charge in [0.2, 0.25) is 11.8 Å². The van der Waals surface area contributed by atoms with E-state index in [1.165, 1.54) is 17.0 Å². The Bertz CT molecular complexity index is 1510. The molecule has 3 aromatic carbocycles. The molecule has 0 bridgehead atoms. The second-order valence-electron chi connectivity index (χ2n) is 9.97. The van der Waals surface area contributed by atoms with Gasteiger partial charge in [0.05, 0.1) is 20.6 Å². The first-order chi connectivity index (χ1) is 19.3. The molecule has 1 N–H and O–H groups in total. The third-order valence-electron chi connectivity index (χ3n) is 6.90. The Morgan fingerprint density at radius 1 is 0.902 bits per heavy atom. The van der Waals surface area contributed by atoms with Gasteiger partial charge in [0.25, 0.3) is 10.0 Å². The predicted molar refractivity (Wildman–Crippen MR) is 166 cm³/mol. The average molecular weight is 639 g/mol. The molecule has 0 saturated carbocycles. The summed E-state index contributed by atoms with van der Waals surface area (Å²) in [6.07, 6.45) is 0.704. The standard InChI is InChI=1S/C30H34Cl3N3O4S/c1-6-20(3)34-30(38)22(5)35(17-23-12-15-26(32)27(33)16-23)29(37)18-36(28-9-7-8-25(31)21(28)4)41(39,40)24-13-10-19(2)11-14-24/h7-16,20,22H,6,17-18H2,1-5H3,(H,34,38)/t20-,22-/m1/s1. The van der Waals surface area contributed by atoms with Crippen molar-refractivity contribution in [2.24, 2.45) is 0 Å². The van der Waals surface area contributed by atoms with Crippen LogP contribution in [0.15, 0.2) is 65.6 Å². The van der Waals surface area contributed by atoms with Crippen molar-refractivity contribution in [1.82, 2.24) is 10.2 Å². The van der Waals surface area contributed by atoms with Gasteiger partial charge in [-0.1, -0.05) is 71.6 Å². The molecule has 2 amide bonds. The lowest BCUT2D eigenvalue weighted by atomic mass is 10.1. The molecule has 0 radical (unpaired) electrons. The van der Waals surface area contributed by atoms with E-state index in [0.717, 1.165) is 9.87 Å². The summed E-state index contributed by atoms with van der Waals surface area (Å²) in [6, 6.07) is 15.1. The largest absolute Gasteiger partial charge is 0.352 e. The lowest BCUT2D eigenvalue weighted by Gasteiger charge is -2.33.